The number of carboxylic acid groups (broad SMARTS) is 1. The monoisotopic (exact) mass is 204 g/mol. The lowest BCUT2D eigenvalue weighted by Crippen LogP contribution is -2.25. The van der Waals surface area contributed by atoms with Gasteiger partial charge in [-0.25, -0.2) is 0 Å². The van der Waals surface area contributed by atoms with Crippen molar-refractivity contribution in [3.05, 3.63) is 30.5 Å². The Balaban J connectivity index is 2.32. The number of rotatable bonds is 3. The third-order valence-electron chi connectivity index (χ3n) is 2.33. The summed E-state index contributed by atoms with van der Waals surface area (Å²) in [7, 11) is 0. The van der Waals surface area contributed by atoms with E-state index >= 15 is 0 Å². The molecule has 0 bridgehead atoms. The first-order valence-corrected chi connectivity index (χ1v) is 4.74. The molecule has 0 amide bonds. The Morgan fingerprint density at radius 2 is 2.20 bits per heavy atom. The summed E-state index contributed by atoms with van der Waals surface area (Å²) >= 11 is 0. The summed E-state index contributed by atoms with van der Waals surface area (Å²) in [6.07, 6.45) is 1.78. The third kappa shape index (κ3) is 1.79. The zero-order valence-corrected chi connectivity index (χ0v) is 8.32. The molecular formula is C11H12N2O2. The smallest absolute Gasteiger partial charge is 0.325 e. The van der Waals surface area contributed by atoms with Gasteiger partial charge < -0.3 is 15.4 Å². The number of para-hydroxylation sites is 1. The number of aromatic nitrogens is 1. The van der Waals surface area contributed by atoms with Crippen molar-refractivity contribution in [3.63, 3.8) is 0 Å². The molecule has 1 aromatic heterocycles. The molecule has 1 atom stereocenters. The standard InChI is InChI=1S/C11H12N2O2/c1-7(11(14)15)13-10-6-12-9-5-3-2-4-8(9)10/h2-7,12-13H,1H3,(H,14,15)/t7-/m0/s1. The molecule has 0 fully saturated rings. The van der Waals surface area contributed by atoms with Gasteiger partial charge in [0.15, 0.2) is 0 Å². The van der Waals surface area contributed by atoms with Crippen LogP contribution >= 0.6 is 0 Å². The Hall–Kier alpha value is -1.97. The number of anilines is 1. The largest absolute Gasteiger partial charge is 0.480 e. The molecule has 1 aromatic carbocycles. The van der Waals surface area contributed by atoms with Crippen molar-refractivity contribution in [2.45, 2.75) is 13.0 Å². The molecule has 0 aliphatic carbocycles. The minimum atomic E-state index is -0.861. The number of aliphatic carboxylic acids is 1. The molecule has 0 radical (unpaired) electrons. The fourth-order valence-electron chi connectivity index (χ4n) is 1.49. The highest BCUT2D eigenvalue weighted by atomic mass is 16.4. The number of carboxylic acids is 1. The maximum Gasteiger partial charge on any atom is 0.325 e. The van der Waals surface area contributed by atoms with E-state index in [0.717, 1.165) is 16.6 Å². The van der Waals surface area contributed by atoms with Crippen LogP contribution in [-0.2, 0) is 4.79 Å². The third-order valence-corrected chi connectivity index (χ3v) is 2.33. The zero-order valence-electron chi connectivity index (χ0n) is 8.32. The van der Waals surface area contributed by atoms with Gasteiger partial charge in [-0.3, -0.25) is 4.79 Å². The van der Waals surface area contributed by atoms with E-state index in [1.165, 1.54) is 0 Å². The fourth-order valence-corrected chi connectivity index (χ4v) is 1.49. The van der Waals surface area contributed by atoms with Crippen molar-refractivity contribution in [2.75, 3.05) is 5.32 Å². The second-order valence-electron chi connectivity index (χ2n) is 3.45. The van der Waals surface area contributed by atoms with Crippen LogP contribution in [0.1, 0.15) is 6.92 Å². The van der Waals surface area contributed by atoms with E-state index in [1.807, 2.05) is 24.3 Å². The highest BCUT2D eigenvalue weighted by molar-refractivity contribution is 5.93. The van der Waals surface area contributed by atoms with Gasteiger partial charge >= 0.3 is 5.97 Å². The molecule has 15 heavy (non-hydrogen) atoms. The second-order valence-corrected chi connectivity index (χ2v) is 3.45. The summed E-state index contributed by atoms with van der Waals surface area (Å²) in [6, 6.07) is 7.16. The molecule has 1 heterocycles. The van der Waals surface area contributed by atoms with Gasteiger partial charge in [0.1, 0.15) is 6.04 Å². The summed E-state index contributed by atoms with van der Waals surface area (Å²) in [5, 5.41) is 12.7. The quantitative estimate of drug-likeness (QED) is 0.716. The lowest BCUT2D eigenvalue weighted by atomic mass is 10.2. The van der Waals surface area contributed by atoms with Crippen molar-refractivity contribution in [3.8, 4) is 0 Å². The van der Waals surface area contributed by atoms with Gasteiger partial charge in [0.25, 0.3) is 0 Å². The molecule has 0 unspecified atom stereocenters. The van der Waals surface area contributed by atoms with Crippen molar-refractivity contribution in [1.29, 1.82) is 0 Å². The van der Waals surface area contributed by atoms with E-state index in [2.05, 4.69) is 10.3 Å². The summed E-state index contributed by atoms with van der Waals surface area (Å²) in [4.78, 5) is 13.8. The predicted octanol–water partition coefficient (Wildman–Crippen LogP) is 2.05. The molecule has 4 heteroatoms. The van der Waals surface area contributed by atoms with Crippen molar-refractivity contribution in [1.82, 2.24) is 4.98 Å². The maximum absolute atomic E-state index is 10.7. The molecule has 0 aliphatic heterocycles. The van der Waals surface area contributed by atoms with Crippen LogP contribution < -0.4 is 5.32 Å². The average molecular weight is 204 g/mol. The number of H-pyrrole nitrogens is 1. The predicted molar refractivity (Wildman–Crippen MR) is 59.0 cm³/mol. The first kappa shape index (κ1) is 9.58. The lowest BCUT2D eigenvalue weighted by molar-refractivity contribution is -0.137. The van der Waals surface area contributed by atoms with Gasteiger partial charge in [0.05, 0.1) is 5.69 Å². The first-order valence-electron chi connectivity index (χ1n) is 4.74. The Bertz CT molecular complexity index is 490. The SMILES string of the molecule is C[C@H](Nc1c[nH]c2ccccc12)C(=O)O. The van der Waals surface area contributed by atoms with Gasteiger partial charge in [0, 0.05) is 17.1 Å². The van der Waals surface area contributed by atoms with Gasteiger partial charge in [-0.15, -0.1) is 0 Å². The van der Waals surface area contributed by atoms with Crippen LogP contribution in [0.25, 0.3) is 10.9 Å². The van der Waals surface area contributed by atoms with Crippen molar-refractivity contribution >= 4 is 22.6 Å². The number of fused-ring (bicyclic) bond motifs is 1. The van der Waals surface area contributed by atoms with E-state index in [9.17, 15) is 4.79 Å². The summed E-state index contributed by atoms with van der Waals surface area (Å²) in [5.74, 6) is -0.861. The van der Waals surface area contributed by atoms with E-state index in [1.54, 1.807) is 13.1 Å². The van der Waals surface area contributed by atoms with Crippen molar-refractivity contribution < 1.29 is 9.90 Å². The zero-order chi connectivity index (χ0) is 10.8. The minimum Gasteiger partial charge on any atom is -0.480 e. The van der Waals surface area contributed by atoms with Crippen LogP contribution in [0, 0.1) is 0 Å². The molecule has 3 N–H and O–H groups in total. The Morgan fingerprint density at radius 1 is 1.47 bits per heavy atom. The molecule has 2 aromatic rings. The average Bonchev–Trinajstić information content (AvgIpc) is 2.62. The number of hydrogen-bond acceptors (Lipinski definition) is 2. The number of carbonyl (C=O) groups is 1. The van der Waals surface area contributed by atoms with Gasteiger partial charge in [-0.1, -0.05) is 18.2 Å². The molecule has 78 valence electrons. The lowest BCUT2D eigenvalue weighted by Gasteiger charge is -2.08. The number of aromatic amines is 1. The molecule has 0 saturated carbocycles. The van der Waals surface area contributed by atoms with Gasteiger partial charge in [-0.2, -0.15) is 0 Å². The Morgan fingerprint density at radius 3 is 2.93 bits per heavy atom. The normalized spacial score (nSPS) is 12.6. The second kappa shape index (κ2) is 3.65. The van der Waals surface area contributed by atoms with Gasteiger partial charge in [-0.05, 0) is 13.0 Å². The van der Waals surface area contributed by atoms with Gasteiger partial charge in [0.2, 0.25) is 0 Å². The van der Waals surface area contributed by atoms with E-state index in [4.69, 9.17) is 5.11 Å². The maximum atomic E-state index is 10.7. The fraction of sp³-hybridized carbons (Fsp3) is 0.182. The molecule has 2 rings (SSSR count). The summed E-state index contributed by atoms with van der Waals surface area (Å²) in [5.41, 5.74) is 1.82. The summed E-state index contributed by atoms with van der Waals surface area (Å²) < 4.78 is 0. The van der Waals surface area contributed by atoms with Crippen LogP contribution in [0.3, 0.4) is 0 Å². The van der Waals surface area contributed by atoms with Crippen LogP contribution in [0.4, 0.5) is 5.69 Å². The molecular weight excluding hydrogens is 192 g/mol. The topological polar surface area (TPSA) is 65.1 Å². The Kier molecular flexibility index (Phi) is 2.33. The van der Waals surface area contributed by atoms with E-state index in [0.29, 0.717) is 0 Å². The van der Waals surface area contributed by atoms with Crippen LogP contribution in [0.2, 0.25) is 0 Å². The summed E-state index contributed by atoms with van der Waals surface area (Å²) in [6.45, 7) is 1.62. The highest BCUT2D eigenvalue weighted by Crippen LogP contribution is 2.22. The van der Waals surface area contributed by atoms with E-state index < -0.39 is 12.0 Å². The number of benzene rings is 1. The molecule has 4 nitrogen and oxygen atoms in total. The van der Waals surface area contributed by atoms with Crippen LogP contribution in [0.5, 0.6) is 0 Å². The van der Waals surface area contributed by atoms with Crippen molar-refractivity contribution in [2.24, 2.45) is 0 Å². The van der Waals surface area contributed by atoms with Crippen LogP contribution in [0.15, 0.2) is 30.5 Å². The number of nitrogens with one attached hydrogen (secondary N) is 2. The molecule has 0 spiro atoms. The highest BCUT2D eigenvalue weighted by Gasteiger charge is 2.12. The number of hydrogen-bond donors (Lipinski definition) is 3. The molecule has 0 aliphatic rings. The first-order chi connectivity index (χ1) is 7.18. The van der Waals surface area contributed by atoms with Crippen LogP contribution in [-0.4, -0.2) is 22.1 Å². The van der Waals surface area contributed by atoms with E-state index in [-0.39, 0.29) is 0 Å². The Labute approximate surface area is 86.9 Å². The minimum absolute atomic E-state index is 0.593. The molecule has 0 saturated heterocycles.